The molecule has 6 nitrogen and oxygen atoms in total. The van der Waals surface area contributed by atoms with E-state index in [1.54, 1.807) is 0 Å². The number of ether oxygens (including phenoxy) is 3. The molecule has 0 heterocycles. The summed E-state index contributed by atoms with van der Waals surface area (Å²) in [5.41, 5.74) is 0. The van der Waals surface area contributed by atoms with E-state index in [0.29, 0.717) is 19.3 Å². The Bertz CT molecular complexity index is 1710. The minimum absolute atomic E-state index is 0.100. The van der Waals surface area contributed by atoms with Gasteiger partial charge in [-0.2, -0.15) is 0 Å². The van der Waals surface area contributed by atoms with Crippen LogP contribution in [0.2, 0.25) is 0 Å². The highest BCUT2D eigenvalue weighted by Gasteiger charge is 2.19. The Hall–Kier alpha value is -4.71. The van der Waals surface area contributed by atoms with E-state index in [0.717, 1.165) is 161 Å². The van der Waals surface area contributed by atoms with Gasteiger partial charge in [-0.1, -0.05) is 276 Å². The molecule has 0 aromatic carbocycles. The Labute approximate surface area is 480 Å². The molecule has 0 aliphatic rings. The third-order valence-corrected chi connectivity index (χ3v) is 13.1. The van der Waals surface area contributed by atoms with Crippen molar-refractivity contribution in [2.24, 2.45) is 0 Å². The number of esters is 3. The van der Waals surface area contributed by atoms with Gasteiger partial charge in [0.15, 0.2) is 6.10 Å². The molecule has 0 spiro atoms. The molecule has 6 heteroatoms. The van der Waals surface area contributed by atoms with Crippen molar-refractivity contribution in [3.8, 4) is 0 Å². The zero-order valence-electron chi connectivity index (χ0n) is 50.4. The summed E-state index contributed by atoms with van der Waals surface area (Å²) in [6.45, 7) is 6.38. The summed E-state index contributed by atoms with van der Waals surface area (Å²) in [6.07, 6.45) is 92.7. The first-order valence-electron chi connectivity index (χ1n) is 31.8. The summed E-state index contributed by atoms with van der Waals surface area (Å²) < 4.78 is 16.9. The fourth-order valence-electron chi connectivity index (χ4n) is 8.39. The quantitative estimate of drug-likeness (QED) is 0.0261. The molecule has 0 radical (unpaired) electrons. The predicted molar refractivity (Wildman–Crippen MR) is 339 cm³/mol. The Morgan fingerprint density at radius 2 is 0.500 bits per heavy atom. The van der Waals surface area contributed by atoms with Gasteiger partial charge in [0.05, 0.1) is 0 Å². The van der Waals surface area contributed by atoms with Gasteiger partial charge in [-0.3, -0.25) is 14.4 Å². The number of carbonyl (C=O) groups is 3. The number of rotatable bonds is 56. The summed E-state index contributed by atoms with van der Waals surface area (Å²) in [6, 6.07) is 0. The molecule has 1 unspecified atom stereocenters. The smallest absolute Gasteiger partial charge is 0.306 e. The van der Waals surface area contributed by atoms with Gasteiger partial charge >= 0.3 is 17.9 Å². The molecule has 0 amide bonds. The van der Waals surface area contributed by atoms with Crippen LogP contribution in [0.15, 0.2) is 146 Å². The lowest BCUT2D eigenvalue weighted by atomic mass is 10.0. The van der Waals surface area contributed by atoms with Gasteiger partial charge < -0.3 is 14.2 Å². The van der Waals surface area contributed by atoms with Crippen LogP contribution in [0.1, 0.15) is 271 Å². The second-order valence-corrected chi connectivity index (χ2v) is 20.6. The van der Waals surface area contributed by atoms with Gasteiger partial charge in [-0.15, -0.1) is 0 Å². The van der Waals surface area contributed by atoms with Crippen LogP contribution in [0.25, 0.3) is 0 Å². The van der Waals surface area contributed by atoms with Gasteiger partial charge in [0.25, 0.3) is 0 Å². The zero-order valence-corrected chi connectivity index (χ0v) is 50.4. The van der Waals surface area contributed by atoms with Crippen LogP contribution < -0.4 is 0 Å². The van der Waals surface area contributed by atoms with Crippen LogP contribution in [0, 0.1) is 0 Å². The lowest BCUT2D eigenvalue weighted by Crippen LogP contribution is -2.30. The topological polar surface area (TPSA) is 78.9 Å². The molecule has 0 bridgehead atoms. The summed E-state index contributed by atoms with van der Waals surface area (Å²) in [5.74, 6) is -0.952. The van der Waals surface area contributed by atoms with Crippen molar-refractivity contribution >= 4 is 17.9 Å². The van der Waals surface area contributed by atoms with E-state index in [9.17, 15) is 14.4 Å². The van der Waals surface area contributed by atoms with Crippen molar-refractivity contribution in [1.29, 1.82) is 0 Å². The summed E-state index contributed by atoms with van der Waals surface area (Å²) in [4.78, 5) is 38.3. The van der Waals surface area contributed by atoms with E-state index in [-0.39, 0.29) is 31.1 Å². The van der Waals surface area contributed by atoms with Gasteiger partial charge in [-0.25, -0.2) is 0 Å². The maximum atomic E-state index is 12.9. The number of hydrogen-bond acceptors (Lipinski definition) is 6. The Balaban J connectivity index is 4.49. The molecule has 440 valence electrons. The van der Waals surface area contributed by atoms with E-state index in [2.05, 4.69) is 167 Å². The van der Waals surface area contributed by atoms with Gasteiger partial charge in [0, 0.05) is 19.3 Å². The first kappa shape index (κ1) is 73.3. The molecule has 0 N–H and O–H groups in total. The highest BCUT2D eigenvalue weighted by molar-refractivity contribution is 5.71. The molecule has 0 aliphatic carbocycles. The minimum atomic E-state index is -0.809. The summed E-state index contributed by atoms with van der Waals surface area (Å²) >= 11 is 0. The van der Waals surface area contributed by atoms with E-state index >= 15 is 0 Å². The molecule has 0 aromatic rings. The predicted octanol–water partition coefficient (Wildman–Crippen LogP) is 21.9. The van der Waals surface area contributed by atoms with Crippen molar-refractivity contribution < 1.29 is 28.6 Å². The van der Waals surface area contributed by atoms with Gasteiger partial charge in [-0.05, 0) is 122 Å². The van der Waals surface area contributed by atoms with Crippen LogP contribution in [0.3, 0.4) is 0 Å². The van der Waals surface area contributed by atoms with E-state index in [4.69, 9.17) is 14.2 Å². The molecule has 0 aromatic heterocycles. The maximum Gasteiger partial charge on any atom is 0.306 e. The molecule has 0 saturated carbocycles. The fourth-order valence-corrected chi connectivity index (χ4v) is 8.39. The van der Waals surface area contributed by atoms with Gasteiger partial charge in [0.1, 0.15) is 13.2 Å². The van der Waals surface area contributed by atoms with E-state index in [1.165, 1.54) is 70.6 Å². The van der Waals surface area contributed by atoms with Crippen molar-refractivity contribution in [3.05, 3.63) is 146 Å². The Morgan fingerprint density at radius 3 is 0.795 bits per heavy atom. The largest absolute Gasteiger partial charge is 0.462 e. The standard InChI is InChI=1S/C72H116O6/c1-4-7-10-13-16-19-22-25-28-30-32-34-35-36-37-39-40-42-44-47-50-53-56-59-62-65-71(74)77-68-69(67-76-70(73)64-61-58-55-52-49-46-27-24-21-18-15-12-9-6-3)78-72(75)66-63-60-57-54-51-48-45-43-41-38-33-31-29-26-23-20-17-14-11-8-5-2/h7-8,10-11,16-17,19-20,25-26,28-29,32-34,36-38,40,42-43,45,47,50,69H,4-6,9,12-15,18,21-24,27,30-31,35,39,41,44,46,48-49,51-68H2,1-3H3/b10-7-,11-8-,19-16-,20-17-,28-25-,29-26-,34-32-,37-36-,38-33-,42-40-,45-43-,50-47-. The SMILES string of the molecule is CC/C=C\C/C=C\C/C=C\C/C=C\C/C=C\C/C=C\C/C=C\CCCCCC(=O)OCC(COC(=O)CCCCCCCCCCCCCCCC)OC(=O)CCCCCCC/C=C\C/C=C\C/C=C\C/C=C\C/C=C\CC. The maximum absolute atomic E-state index is 12.9. The zero-order chi connectivity index (χ0) is 56.4. The van der Waals surface area contributed by atoms with Crippen LogP contribution >= 0.6 is 0 Å². The second-order valence-electron chi connectivity index (χ2n) is 20.6. The minimum Gasteiger partial charge on any atom is -0.462 e. The molecule has 78 heavy (non-hydrogen) atoms. The van der Waals surface area contributed by atoms with Crippen LogP contribution in [-0.2, 0) is 28.6 Å². The summed E-state index contributed by atoms with van der Waals surface area (Å²) in [7, 11) is 0. The highest BCUT2D eigenvalue weighted by atomic mass is 16.6. The van der Waals surface area contributed by atoms with E-state index < -0.39 is 6.10 Å². The molecular formula is C72H116O6. The Morgan fingerprint density at radius 1 is 0.269 bits per heavy atom. The molecule has 0 fully saturated rings. The Kier molecular flexibility index (Phi) is 60.9. The lowest BCUT2D eigenvalue weighted by molar-refractivity contribution is -0.167. The third-order valence-electron chi connectivity index (χ3n) is 13.1. The number of carbonyl (C=O) groups excluding carboxylic acids is 3. The van der Waals surface area contributed by atoms with E-state index in [1.807, 2.05) is 0 Å². The average Bonchev–Trinajstić information content (AvgIpc) is 3.44. The molecule has 1 atom stereocenters. The van der Waals surface area contributed by atoms with Crippen LogP contribution in [0.5, 0.6) is 0 Å². The first-order chi connectivity index (χ1) is 38.5. The molecule has 0 rings (SSSR count). The van der Waals surface area contributed by atoms with Crippen molar-refractivity contribution in [1.82, 2.24) is 0 Å². The third kappa shape index (κ3) is 62.1. The van der Waals surface area contributed by atoms with Crippen LogP contribution in [0.4, 0.5) is 0 Å². The number of unbranched alkanes of at least 4 members (excludes halogenated alkanes) is 21. The molecule has 0 aliphatic heterocycles. The van der Waals surface area contributed by atoms with Crippen molar-refractivity contribution in [2.45, 2.75) is 277 Å². The van der Waals surface area contributed by atoms with Crippen molar-refractivity contribution in [3.63, 3.8) is 0 Å². The second kappa shape index (κ2) is 64.8. The number of hydrogen-bond donors (Lipinski definition) is 0. The first-order valence-corrected chi connectivity index (χ1v) is 31.8. The average molecular weight is 1080 g/mol. The summed E-state index contributed by atoms with van der Waals surface area (Å²) in [5, 5.41) is 0. The fraction of sp³-hybridized carbons (Fsp3) is 0.625. The lowest BCUT2D eigenvalue weighted by Gasteiger charge is -2.18. The monoisotopic (exact) mass is 1080 g/mol. The van der Waals surface area contributed by atoms with Gasteiger partial charge in [0.2, 0.25) is 0 Å². The molecule has 0 saturated heterocycles. The number of allylic oxidation sites excluding steroid dienone is 24. The highest BCUT2D eigenvalue weighted by Crippen LogP contribution is 2.15. The molecular weight excluding hydrogens is 961 g/mol. The van der Waals surface area contributed by atoms with Crippen LogP contribution in [-0.4, -0.2) is 37.2 Å². The normalized spacial score (nSPS) is 13.1. The van der Waals surface area contributed by atoms with Crippen molar-refractivity contribution in [2.75, 3.05) is 13.2 Å².